The van der Waals surface area contributed by atoms with Crippen molar-refractivity contribution in [3.8, 4) is 0 Å². The summed E-state index contributed by atoms with van der Waals surface area (Å²) in [5.41, 5.74) is 5.56. The molecule has 3 heteroatoms. The standard InChI is InChI=1S/C21H25N3/c1-23(2)14-7-11-16-17-8-3-4-10-19(17)21-22-13-15-24(21)20-12-6-5-9-18(16)20/h3-6,8-10,12,16H,7,11,13-15H2,1-2H3. The van der Waals surface area contributed by atoms with Crippen molar-refractivity contribution in [2.24, 2.45) is 4.99 Å². The maximum absolute atomic E-state index is 4.84. The summed E-state index contributed by atoms with van der Waals surface area (Å²) in [6, 6.07) is 17.8. The van der Waals surface area contributed by atoms with E-state index in [2.05, 4.69) is 72.4 Å². The molecule has 0 spiro atoms. The molecule has 0 saturated carbocycles. The summed E-state index contributed by atoms with van der Waals surface area (Å²) in [6.45, 7) is 3.01. The number of hydrogen-bond donors (Lipinski definition) is 0. The zero-order valence-electron chi connectivity index (χ0n) is 14.6. The summed E-state index contributed by atoms with van der Waals surface area (Å²) in [6.07, 6.45) is 2.38. The number of amidine groups is 1. The zero-order chi connectivity index (χ0) is 16.5. The van der Waals surface area contributed by atoms with Gasteiger partial charge in [-0.1, -0.05) is 42.5 Å². The van der Waals surface area contributed by atoms with Gasteiger partial charge in [0.1, 0.15) is 5.84 Å². The first-order valence-electron chi connectivity index (χ1n) is 8.90. The fraction of sp³-hybridized carbons (Fsp3) is 0.381. The number of rotatable bonds is 4. The third-order valence-electron chi connectivity index (χ3n) is 5.12. The summed E-state index contributed by atoms with van der Waals surface area (Å²) >= 11 is 0. The number of hydrogen-bond acceptors (Lipinski definition) is 3. The highest BCUT2D eigenvalue weighted by Gasteiger charge is 2.32. The Morgan fingerprint density at radius 3 is 2.62 bits per heavy atom. The van der Waals surface area contributed by atoms with Gasteiger partial charge < -0.3 is 9.80 Å². The topological polar surface area (TPSA) is 18.8 Å². The molecule has 2 aromatic rings. The van der Waals surface area contributed by atoms with Crippen molar-refractivity contribution in [2.45, 2.75) is 18.8 Å². The van der Waals surface area contributed by atoms with Gasteiger partial charge >= 0.3 is 0 Å². The van der Waals surface area contributed by atoms with Gasteiger partial charge in [-0.25, -0.2) is 0 Å². The smallest absolute Gasteiger partial charge is 0.135 e. The lowest BCUT2D eigenvalue weighted by atomic mass is 9.85. The third kappa shape index (κ3) is 2.63. The Morgan fingerprint density at radius 1 is 1.04 bits per heavy atom. The van der Waals surface area contributed by atoms with Gasteiger partial charge in [-0.05, 0) is 50.7 Å². The van der Waals surface area contributed by atoms with Gasteiger partial charge in [-0.2, -0.15) is 0 Å². The first-order valence-corrected chi connectivity index (χ1v) is 8.90. The van der Waals surface area contributed by atoms with Gasteiger partial charge in [-0.15, -0.1) is 0 Å². The molecular weight excluding hydrogens is 294 g/mol. The van der Waals surface area contributed by atoms with Crippen molar-refractivity contribution in [3.63, 3.8) is 0 Å². The quantitative estimate of drug-likeness (QED) is 0.855. The van der Waals surface area contributed by atoms with Crippen LogP contribution in [0.5, 0.6) is 0 Å². The average Bonchev–Trinajstić information content (AvgIpc) is 3.04. The molecule has 24 heavy (non-hydrogen) atoms. The van der Waals surface area contributed by atoms with E-state index >= 15 is 0 Å². The van der Waals surface area contributed by atoms with Crippen LogP contribution in [-0.4, -0.2) is 44.5 Å². The van der Waals surface area contributed by atoms with Crippen molar-refractivity contribution >= 4 is 11.5 Å². The molecule has 2 aliphatic heterocycles. The van der Waals surface area contributed by atoms with Gasteiger partial charge in [-0.3, -0.25) is 4.99 Å². The van der Waals surface area contributed by atoms with E-state index in [1.807, 2.05) is 0 Å². The van der Waals surface area contributed by atoms with Gasteiger partial charge in [0, 0.05) is 23.7 Å². The molecule has 2 heterocycles. The van der Waals surface area contributed by atoms with E-state index in [9.17, 15) is 0 Å². The van der Waals surface area contributed by atoms with Gasteiger partial charge in [0.2, 0.25) is 0 Å². The van der Waals surface area contributed by atoms with Crippen LogP contribution >= 0.6 is 0 Å². The van der Waals surface area contributed by atoms with E-state index in [1.165, 1.54) is 35.2 Å². The predicted molar refractivity (Wildman–Crippen MR) is 101 cm³/mol. The van der Waals surface area contributed by atoms with Crippen LogP contribution in [0.2, 0.25) is 0 Å². The fourth-order valence-electron chi connectivity index (χ4n) is 4.03. The number of anilines is 1. The Labute approximate surface area is 144 Å². The maximum Gasteiger partial charge on any atom is 0.135 e. The Hall–Kier alpha value is -2.13. The van der Waals surface area contributed by atoms with E-state index in [0.29, 0.717) is 5.92 Å². The largest absolute Gasteiger partial charge is 0.324 e. The van der Waals surface area contributed by atoms with E-state index < -0.39 is 0 Å². The van der Waals surface area contributed by atoms with E-state index in [1.54, 1.807) is 0 Å². The normalized spacial score (nSPS) is 18.7. The number of aliphatic imine (C=N–C) groups is 1. The molecule has 124 valence electrons. The molecule has 3 nitrogen and oxygen atoms in total. The first kappa shape index (κ1) is 15.4. The highest BCUT2D eigenvalue weighted by atomic mass is 15.2. The summed E-state index contributed by atoms with van der Waals surface area (Å²) in [5, 5.41) is 0. The lowest BCUT2D eigenvalue weighted by Crippen LogP contribution is -2.27. The van der Waals surface area contributed by atoms with E-state index in [4.69, 9.17) is 4.99 Å². The van der Waals surface area contributed by atoms with Crippen LogP contribution in [0.4, 0.5) is 5.69 Å². The second kappa shape index (κ2) is 6.40. The Kier molecular flexibility index (Phi) is 4.11. The molecule has 2 aromatic carbocycles. The molecule has 2 aliphatic rings. The Morgan fingerprint density at radius 2 is 1.79 bits per heavy atom. The van der Waals surface area contributed by atoms with Crippen LogP contribution in [0, 0.1) is 0 Å². The van der Waals surface area contributed by atoms with Crippen LogP contribution in [0.3, 0.4) is 0 Å². The third-order valence-corrected chi connectivity index (χ3v) is 5.12. The van der Waals surface area contributed by atoms with Crippen LogP contribution < -0.4 is 4.90 Å². The summed E-state index contributed by atoms with van der Waals surface area (Å²) in [5.74, 6) is 1.61. The van der Waals surface area contributed by atoms with E-state index in [-0.39, 0.29) is 0 Å². The maximum atomic E-state index is 4.84. The van der Waals surface area contributed by atoms with Crippen molar-refractivity contribution in [1.82, 2.24) is 4.90 Å². The highest BCUT2D eigenvalue weighted by Crippen LogP contribution is 2.41. The summed E-state index contributed by atoms with van der Waals surface area (Å²) in [4.78, 5) is 9.53. The first-order chi connectivity index (χ1) is 11.8. The van der Waals surface area contributed by atoms with Crippen molar-refractivity contribution in [1.29, 1.82) is 0 Å². The van der Waals surface area contributed by atoms with Gasteiger partial charge in [0.15, 0.2) is 0 Å². The molecule has 0 fully saturated rings. The lowest BCUT2D eigenvalue weighted by molar-refractivity contribution is 0.390. The monoisotopic (exact) mass is 319 g/mol. The molecule has 0 N–H and O–H groups in total. The second-order valence-electron chi connectivity index (χ2n) is 7.00. The van der Waals surface area contributed by atoms with Crippen LogP contribution in [0.1, 0.15) is 35.4 Å². The minimum atomic E-state index is 0.450. The zero-order valence-corrected chi connectivity index (χ0v) is 14.6. The number of nitrogens with zero attached hydrogens (tertiary/aromatic N) is 3. The molecule has 0 radical (unpaired) electrons. The Bertz CT molecular complexity index is 763. The summed E-state index contributed by atoms with van der Waals surface area (Å²) < 4.78 is 0. The molecule has 0 saturated heterocycles. The van der Waals surface area contributed by atoms with Crippen LogP contribution in [0.15, 0.2) is 53.5 Å². The molecule has 0 aliphatic carbocycles. The number of para-hydroxylation sites is 1. The summed E-state index contributed by atoms with van der Waals surface area (Å²) in [7, 11) is 4.31. The van der Waals surface area contributed by atoms with Crippen molar-refractivity contribution in [3.05, 3.63) is 65.2 Å². The molecule has 0 bridgehead atoms. The molecular formula is C21H25N3. The van der Waals surface area contributed by atoms with Gasteiger partial charge in [0.05, 0.1) is 6.54 Å². The number of benzene rings is 2. The van der Waals surface area contributed by atoms with Crippen molar-refractivity contribution < 1.29 is 0 Å². The SMILES string of the molecule is CN(C)CCCC1c2ccccc2C2=NCCN2c2ccccc21. The number of fused-ring (bicyclic) bond motifs is 5. The lowest BCUT2D eigenvalue weighted by Gasteiger charge is -2.23. The Balaban J connectivity index is 1.82. The molecule has 4 rings (SSSR count). The highest BCUT2D eigenvalue weighted by molar-refractivity contribution is 6.13. The molecule has 0 amide bonds. The average molecular weight is 319 g/mol. The molecule has 1 atom stereocenters. The van der Waals surface area contributed by atoms with Gasteiger partial charge in [0.25, 0.3) is 0 Å². The second-order valence-corrected chi connectivity index (χ2v) is 7.00. The van der Waals surface area contributed by atoms with E-state index in [0.717, 1.165) is 25.5 Å². The van der Waals surface area contributed by atoms with Crippen molar-refractivity contribution in [2.75, 3.05) is 38.6 Å². The predicted octanol–water partition coefficient (Wildman–Crippen LogP) is 3.74. The molecule has 1 unspecified atom stereocenters. The molecule has 0 aromatic heterocycles. The minimum Gasteiger partial charge on any atom is -0.324 e. The van der Waals surface area contributed by atoms with Crippen LogP contribution in [0.25, 0.3) is 0 Å². The van der Waals surface area contributed by atoms with Crippen LogP contribution in [-0.2, 0) is 0 Å². The minimum absolute atomic E-state index is 0.450. The fourth-order valence-corrected chi connectivity index (χ4v) is 4.03.